The van der Waals surface area contributed by atoms with Gasteiger partial charge in [-0.05, 0) is 24.5 Å². The molecular weight excluding hydrogens is 346 g/mol. The molecule has 0 amide bonds. The molecule has 1 saturated carbocycles. The van der Waals surface area contributed by atoms with E-state index in [1.54, 1.807) is 0 Å². The average molecular weight is 378 g/mol. The lowest BCUT2D eigenvalue weighted by atomic mass is 9.96. The first-order valence-electron chi connectivity index (χ1n) is 10.7. The number of nitrogens with one attached hydrogen (secondary N) is 1. The molecule has 5 heteroatoms. The molecule has 1 N–H and O–H groups in total. The Bertz CT molecular complexity index is 747. The molecule has 1 aliphatic carbocycles. The van der Waals surface area contributed by atoms with Gasteiger partial charge < -0.3 is 10.2 Å². The number of aromatic nitrogens is 2. The van der Waals surface area contributed by atoms with Gasteiger partial charge in [0.2, 0.25) is 5.95 Å². The topological polar surface area (TPSA) is 44.3 Å². The van der Waals surface area contributed by atoms with Crippen LogP contribution >= 0.6 is 0 Å². The number of rotatable bonds is 6. The predicted octanol–water partition coefficient (Wildman–Crippen LogP) is 4.06. The molecule has 1 saturated heterocycles. The maximum atomic E-state index is 4.79. The molecule has 2 fully saturated rings. The average Bonchev–Trinajstić information content (AvgIpc) is 2.76. The number of benzene rings is 1. The van der Waals surface area contributed by atoms with Crippen LogP contribution in [0.25, 0.3) is 6.08 Å². The molecular formula is C23H31N5. The molecule has 4 rings (SSSR count). The Morgan fingerprint density at radius 3 is 2.54 bits per heavy atom. The zero-order valence-electron chi connectivity index (χ0n) is 16.6. The highest BCUT2D eigenvalue weighted by atomic mass is 15.3. The fourth-order valence-electron chi connectivity index (χ4n) is 4.09. The normalized spacial score (nSPS) is 19.2. The van der Waals surface area contributed by atoms with Crippen molar-refractivity contribution in [2.24, 2.45) is 0 Å². The van der Waals surface area contributed by atoms with Crippen molar-refractivity contribution in [1.29, 1.82) is 0 Å². The van der Waals surface area contributed by atoms with Crippen LogP contribution in [0.4, 0.5) is 11.8 Å². The third kappa shape index (κ3) is 5.32. The van der Waals surface area contributed by atoms with E-state index in [4.69, 9.17) is 4.98 Å². The quantitative estimate of drug-likeness (QED) is 0.822. The summed E-state index contributed by atoms with van der Waals surface area (Å²) in [6.45, 7) is 5.15. The minimum atomic E-state index is 0.539. The smallest absolute Gasteiger partial charge is 0.224 e. The Kier molecular flexibility index (Phi) is 6.56. The Morgan fingerprint density at radius 2 is 1.75 bits per heavy atom. The van der Waals surface area contributed by atoms with Crippen LogP contribution < -0.4 is 10.2 Å². The van der Waals surface area contributed by atoms with Crippen molar-refractivity contribution in [1.82, 2.24) is 14.9 Å². The molecule has 2 aliphatic rings. The van der Waals surface area contributed by atoms with Crippen LogP contribution in [0.1, 0.15) is 37.7 Å². The zero-order valence-corrected chi connectivity index (χ0v) is 16.6. The van der Waals surface area contributed by atoms with Gasteiger partial charge in [-0.25, -0.2) is 4.98 Å². The predicted molar refractivity (Wildman–Crippen MR) is 117 cm³/mol. The van der Waals surface area contributed by atoms with Gasteiger partial charge in [-0.1, -0.05) is 61.7 Å². The highest BCUT2D eigenvalue weighted by Crippen LogP contribution is 2.21. The summed E-state index contributed by atoms with van der Waals surface area (Å²) in [6, 6.07) is 13.1. The van der Waals surface area contributed by atoms with Gasteiger partial charge in [-0.15, -0.1) is 0 Å². The molecule has 28 heavy (non-hydrogen) atoms. The van der Waals surface area contributed by atoms with E-state index < -0.39 is 0 Å². The number of nitrogens with zero attached hydrogens (tertiary/aromatic N) is 4. The second kappa shape index (κ2) is 9.69. The minimum Gasteiger partial charge on any atom is -0.354 e. The molecule has 5 nitrogen and oxygen atoms in total. The zero-order chi connectivity index (χ0) is 19.0. The van der Waals surface area contributed by atoms with Crippen LogP contribution in [0.5, 0.6) is 0 Å². The Morgan fingerprint density at radius 1 is 0.964 bits per heavy atom. The fourth-order valence-corrected chi connectivity index (χ4v) is 4.09. The van der Waals surface area contributed by atoms with Crippen LogP contribution in [0, 0.1) is 0 Å². The molecule has 2 aromatic rings. The second-order valence-electron chi connectivity index (χ2n) is 7.82. The Balaban J connectivity index is 1.26. The van der Waals surface area contributed by atoms with Crippen LogP contribution in [0.15, 0.2) is 48.7 Å². The number of piperazine rings is 1. The molecule has 0 spiro atoms. The standard InChI is InChI=1S/C23H31N5/c1-3-8-20(9-4-1)10-7-15-27-16-18-28(19-17-27)22-13-14-24-23(26-22)25-21-11-5-2-6-12-21/h1,3-4,7-10,13-14,21H,2,5-6,11-12,15-19H2,(H,24,25,26)/b10-7+. The van der Waals surface area contributed by atoms with Gasteiger partial charge in [0, 0.05) is 45.0 Å². The molecule has 2 heterocycles. The minimum absolute atomic E-state index is 0.539. The third-order valence-electron chi connectivity index (χ3n) is 5.75. The lowest BCUT2D eigenvalue weighted by Crippen LogP contribution is -2.46. The summed E-state index contributed by atoms with van der Waals surface area (Å²) in [6.07, 6.45) is 12.8. The monoisotopic (exact) mass is 377 g/mol. The molecule has 0 radical (unpaired) electrons. The lowest BCUT2D eigenvalue weighted by molar-refractivity contribution is 0.283. The summed E-state index contributed by atoms with van der Waals surface area (Å²) in [5.41, 5.74) is 1.26. The SMILES string of the molecule is C(=C\c1ccccc1)/CN1CCN(c2ccnc(NC3CCCCC3)n2)CC1. The number of hydrogen-bond acceptors (Lipinski definition) is 5. The maximum Gasteiger partial charge on any atom is 0.224 e. The molecule has 0 bridgehead atoms. The fraction of sp³-hybridized carbons (Fsp3) is 0.478. The highest BCUT2D eigenvalue weighted by Gasteiger charge is 2.19. The van der Waals surface area contributed by atoms with Gasteiger partial charge in [0.05, 0.1) is 0 Å². The lowest BCUT2D eigenvalue weighted by Gasteiger charge is -2.35. The molecule has 1 aliphatic heterocycles. The van der Waals surface area contributed by atoms with E-state index in [0.717, 1.165) is 44.5 Å². The van der Waals surface area contributed by atoms with Crippen molar-refractivity contribution in [3.63, 3.8) is 0 Å². The van der Waals surface area contributed by atoms with Gasteiger partial charge in [0.25, 0.3) is 0 Å². The maximum absolute atomic E-state index is 4.79. The third-order valence-corrected chi connectivity index (χ3v) is 5.75. The van der Waals surface area contributed by atoms with Gasteiger partial charge >= 0.3 is 0 Å². The van der Waals surface area contributed by atoms with Crippen LogP contribution in [0.2, 0.25) is 0 Å². The van der Waals surface area contributed by atoms with Crippen molar-refractivity contribution >= 4 is 17.8 Å². The number of anilines is 2. The van der Waals surface area contributed by atoms with Gasteiger partial charge in [-0.2, -0.15) is 4.98 Å². The van der Waals surface area contributed by atoms with E-state index in [9.17, 15) is 0 Å². The second-order valence-corrected chi connectivity index (χ2v) is 7.82. The Labute approximate surface area is 168 Å². The van der Waals surface area contributed by atoms with Gasteiger partial charge in [-0.3, -0.25) is 4.90 Å². The van der Waals surface area contributed by atoms with Crippen LogP contribution in [-0.4, -0.2) is 53.6 Å². The van der Waals surface area contributed by atoms with Crippen LogP contribution in [-0.2, 0) is 0 Å². The van der Waals surface area contributed by atoms with Crippen molar-refractivity contribution in [2.45, 2.75) is 38.1 Å². The number of hydrogen-bond donors (Lipinski definition) is 1. The largest absolute Gasteiger partial charge is 0.354 e. The Hall–Kier alpha value is -2.40. The van der Waals surface area contributed by atoms with Crippen molar-refractivity contribution in [3.05, 3.63) is 54.2 Å². The van der Waals surface area contributed by atoms with Crippen LogP contribution in [0.3, 0.4) is 0 Å². The van der Waals surface area contributed by atoms with E-state index in [1.165, 1.54) is 37.7 Å². The van der Waals surface area contributed by atoms with E-state index >= 15 is 0 Å². The highest BCUT2D eigenvalue weighted by molar-refractivity contribution is 5.49. The molecule has 1 aromatic heterocycles. The summed E-state index contributed by atoms with van der Waals surface area (Å²) in [7, 11) is 0. The van der Waals surface area contributed by atoms with Crippen molar-refractivity contribution in [3.8, 4) is 0 Å². The summed E-state index contributed by atoms with van der Waals surface area (Å²) < 4.78 is 0. The summed E-state index contributed by atoms with van der Waals surface area (Å²) in [5, 5.41) is 3.54. The molecule has 148 valence electrons. The van der Waals surface area contributed by atoms with E-state index in [-0.39, 0.29) is 0 Å². The van der Waals surface area contributed by atoms with Gasteiger partial charge in [0.1, 0.15) is 5.82 Å². The first kappa shape index (κ1) is 18.9. The summed E-state index contributed by atoms with van der Waals surface area (Å²) in [4.78, 5) is 14.1. The van der Waals surface area contributed by atoms with E-state index in [1.807, 2.05) is 12.3 Å². The first-order valence-corrected chi connectivity index (χ1v) is 10.7. The van der Waals surface area contributed by atoms with Gasteiger partial charge in [0.15, 0.2) is 0 Å². The molecule has 0 unspecified atom stereocenters. The van der Waals surface area contributed by atoms with Crippen molar-refractivity contribution < 1.29 is 0 Å². The van der Waals surface area contributed by atoms with E-state index in [0.29, 0.717) is 6.04 Å². The molecule has 0 atom stereocenters. The summed E-state index contributed by atoms with van der Waals surface area (Å²) >= 11 is 0. The van der Waals surface area contributed by atoms with Crippen molar-refractivity contribution in [2.75, 3.05) is 42.9 Å². The molecule has 1 aromatic carbocycles. The van der Waals surface area contributed by atoms with E-state index in [2.05, 4.69) is 62.6 Å². The first-order chi connectivity index (χ1) is 13.9. The summed E-state index contributed by atoms with van der Waals surface area (Å²) in [5.74, 6) is 1.84.